The lowest BCUT2D eigenvalue weighted by molar-refractivity contribution is 0.450. The summed E-state index contributed by atoms with van der Waals surface area (Å²) in [5.41, 5.74) is 0. The Bertz CT molecular complexity index is 150. The summed E-state index contributed by atoms with van der Waals surface area (Å²) in [5, 5.41) is 0. The summed E-state index contributed by atoms with van der Waals surface area (Å²) in [7, 11) is 0. The first-order chi connectivity index (χ1) is 9.31. The summed E-state index contributed by atoms with van der Waals surface area (Å²) in [4.78, 5) is 0. The van der Waals surface area contributed by atoms with Crippen molar-refractivity contribution in [3.8, 4) is 0 Å². The highest BCUT2D eigenvalue weighted by atomic mass is 14.1. The summed E-state index contributed by atoms with van der Waals surface area (Å²) < 4.78 is 0. The number of unbranched alkanes of at least 4 members (excludes halogenated alkanes) is 11. The van der Waals surface area contributed by atoms with Crippen LogP contribution in [-0.2, 0) is 0 Å². The van der Waals surface area contributed by atoms with E-state index in [0.29, 0.717) is 0 Å². The molecule has 0 saturated carbocycles. The van der Waals surface area contributed by atoms with Crippen molar-refractivity contribution in [2.45, 2.75) is 117 Å². The third-order valence-corrected chi connectivity index (χ3v) is 4.33. The number of rotatable bonds is 15. The molecule has 0 bridgehead atoms. The van der Waals surface area contributed by atoms with Gasteiger partial charge in [0.25, 0.3) is 0 Å². The SMILES string of the molecule is CCCCCCCCCCCCCCC(C)CCC. The monoisotopic (exact) mass is 268 g/mol. The highest BCUT2D eigenvalue weighted by Crippen LogP contribution is 2.16. The Morgan fingerprint density at radius 1 is 0.474 bits per heavy atom. The van der Waals surface area contributed by atoms with E-state index in [9.17, 15) is 0 Å². The second kappa shape index (κ2) is 16.1. The molecule has 0 nitrogen and oxygen atoms in total. The van der Waals surface area contributed by atoms with Gasteiger partial charge in [-0.2, -0.15) is 0 Å². The molecule has 1 unspecified atom stereocenters. The highest BCUT2D eigenvalue weighted by molar-refractivity contribution is 4.53. The molecule has 0 aliphatic carbocycles. The van der Waals surface area contributed by atoms with Crippen LogP contribution in [0, 0.1) is 5.92 Å². The average Bonchev–Trinajstić information content (AvgIpc) is 2.40. The van der Waals surface area contributed by atoms with Crippen LogP contribution in [0.25, 0.3) is 0 Å². The lowest BCUT2D eigenvalue weighted by Gasteiger charge is -2.09. The van der Waals surface area contributed by atoms with Gasteiger partial charge < -0.3 is 0 Å². The zero-order valence-electron chi connectivity index (χ0n) is 14.2. The van der Waals surface area contributed by atoms with Crippen molar-refractivity contribution < 1.29 is 0 Å². The molecule has 0 fully saturated rings. The molecule has 1 atom stereocenters. The summed E-state index contributed by atoms with van der Waals surface area (Å²) in [5.74, 6) is 0.966. The standard InChI is InChI=1S/C19H40/c1-4-6-7-8-9-10-11-12-13-14-15-16-18-19(3)17-5-2/h19H,4-18H2,1-3H3. The van der Waals surface area contributed by atoms with Crippen LogP contribution in [0.2, 0.25) is 0 Å². The van der Waals surface area contributed by atoms with Gasteiger partial charge in [0.05, 0.1) is 0 Å². The highest BCUT2D eigenvalue weighted by Gasteiger charge is 1.99. The first-order valence-electron chi connectivity index (χ1n) is 9.31. The van der Waals surface area contributed by atoms with Crippen LogP contribution in [0.15, 0.2) is 0 Å². The molecule has 0 aromatic heterocycles. The van der Waals surface area contributed by atoms with Crippen LogP contribution in [-0.4, -0.2) is 0 Å². The summed E-state index contributed by atoms with van der Waals surface area (Å²) in [6.07, 6.45) is 21.8. The second-order valence-corrected chi connectivity index (χ2v) is 6.57. The first kappa shape index (κ1) is 19.0. The molecule has 0 N–H and O–H groups in total. The quantitative estimate of drug-likeness (QED) is 0.269. The Morgan fingerprint density at radius 2 is 0.895 bits per heavy atom. The van der Waals surface area contributed by atoms with Crippen molar-refractivity contribution in [2.75, 3.05) is 0 Å². The Kier molecular flexibility index (Phi) is 16.1. The van der Waals surface area contributed by atoms with Gasteiger partial charge in [0, 0.05) is 0 Å². The van der Waals surface area contributed by atoms with E-state index in [0.717, 1.165) is 5.92 Å². The van der Waals surface area contributed by atoms with E-state index in [-0.39, 0.29) is 0 Å². The second-order valence-electron chi connectivity index (χ2n) is 6.57. The predicted octanol–water partition coefficient (Wildman–Crippen LogP) is 7.51. The van der Waals surface area contributed by atoms with Crippen molar-refractivity contribution in [2.24, 2.45) is 5.92 Å². The molecule has 0 aliphatic rings. The first-order valence-corrected chi connectivity index (χ1v) is 9.31. The molecular weight excluding hydrogens is 228 g/mol. The fourth-order valence-electron chi connectivity index (χ4n) is 2.97. The molecule has 19 heavy (non-hydrogen) atoms. The smallest absolute Gasteiger partial charge is 0.0443 e. The molecule has 0 saturated heterocycles. The normalized spacial score (nSPS) is 12.8. The largest absolute Gasteiger partial charge is 0.0654 e. The summed E-state index contributed by atoms with van der Waals surface area (Å²) in [6, 6.07) is 0. The van der Waals surface area contributed by atoms with Crippen LogP contribution in [0.5, 0.6) is 0 Å². The van der Waals surface area contributed by atoms with Gasteiger partial charge in [0.2, 0.25) is 0 Å². The Labute approximate surface area is 123 Å². The summed E-state index contributed by atoms with van der Waals surface area (Å²) >= 11 is 0. The zero-order chi connectivity index (χ0) is 14.2. The molecule has 0 heterocycles. The van der Waals surface area contributed by atoms with E-state index >= 15 is 0 Å². The van der Waals surface area contributed by atoms with Gasteiger partial charge in [0.1, 0.15) is 0 Å². The van der Waals surface area contributed by atoms with Crippen LogP contribution in [0.3, 0.4) is 0 Å². The maximum absolute atomic E-state index is 2.42. The molecule has 0 heteroatoms. The maximum Gasteiger partial charge on any atom is -0.0443 e. The average molecular weight is 269 g/mol. The van der Waals surface area contributed by atoms with E-state index < -0.39 is 0 Å². The Balaban J connectivity index is 2.99. The predicted molar refractivity (Wildman–Crippen MR) is 89.8 cm³/mol. The van der Waals surface area contributed by atoms with E-state index in [1.165, 1.54) is 96.3 Å². The molecule has 0 radical (unpaired) electrons. The molecular formula is C19H40. The van der Waals surface area contributed by atoms with Crippen molar-refractivity contribution in [3.63, 3.8) is 0 Å². The van der Waals surface area contributed by atoms with E-state index in [2.05, 4.69) is 20.8 Å². The van der Waals surface area contributed by atoms with Gasteiger partial charge in [-0.15, -0.1) is 0 Å². The fraction of sp³-hybridized carbons (Fsp3) is 1.00. The Hall–Kier alpha value is 0. The summed E-state index contributed by atoms with van der Waals surface area (Å²) in [6.45, 7) is 7.02. The van der Waals surface area contributed by atoms with E-state index in [1.54, 1.807) is 0 Å². The van der Waals surface area contributed by atoms with Gasteiger partial charge in [-0.3, -0.25) is 0 Å². The minimum absolute atomic E-state index is 0.966. The topological polar surface area (TPSA) is 0 Å². The van der Waals surface area contributed by atoms with Gasteiger partial charge in [-0.1, -0.05) is 117 Å². The zero-order valence-corrected chi connectivity index (χ0v) is 14.2. The van der Waals surface area contributed by atoms with Gasteiger partial charge in [0.15, 0.2) is 0 Å². The van der Waals surface area contributed by atoms with Crippen LogP contribution in [0.1, 0.15) is 117 Å². The molecule has 0 spiro atoms. The molecule has 0 rings (SSSR count). The lowest BCUT2D eigenvalue weighted by atomic mass is 9.98. The van der Waals surface area contributed by atoms with Crippen molar-refractivity contribution in [3.05, 3.63) is 0 Å². The van der Waals surface area contributed by atoms with Gasteiger partial charge in [-0.05, 0) is 5.92 Å². The minimum atomic E-state index is 0.966. The third-order valence-electron chi connectivity index (χ3n) is 4.33. The van der Waals surface area contributed by atoms with Crippen LogP contribution >= 0.6 is 0 Å². The molecule has 0 aromatic rings. The van der Waals surface area contributed by atoms with Crippen molar-refractivity contribution in [1.82, 2.24) is 0 Å². The Morgan fingerprint density at radius 3 is 1.32 bits per heavy atom. The fourth-order valence-corrected chi connectivity index (χ4v) is 2.97. The minimum Gasteiger partial charge on any atom is -0.0654 e. The lowest BCUT2D eigenvalue weighted by Crippen LogP contribution is -1.93. The van der Waals surface area contributed by atoms with Gasteiger partial charge >= 0.3 is 0 Å². The molecule has 0 aliphatic heterocycles. The van der Waals surface area contributed by atoms with Gasteiger partial charge in [-0.25, -0.2) is 0 Å². The molecule has 0 aromatic carbocycles. The third kappa shape index (κ3) is 15.9. The van der Waals surface area contributed by atoms with E-state index in [4.69, 9.17) is 0 Å². The van der Waals surface area contributed by atoms with E-state index in [1.807, 2.05) is 0 Å². The molecule has 0 amide bonds. The maximum atomic E-state index is 2.42. The van der Waals surface area contributed by atoms with Crippen LogP contribution < -0.4 is 0 Å². The molecule has 116 valence electrons. The number of hydrogen-bond donors (Lipinski definition) is 0. The number of hydrogen-bond acceptors (Lipinski definition) is 0. The van der Waals surface area contributed by atoms with Crippen LogP contribution in [0.4, 0.5) is 0 Å². The van der Waals surface area contributed by atoms with Crippen molar-refractivity contribution in [1.29, 1.82) is 0 Å². The van der Waals surface area contributed by atoms with Crippen molar-refractivity contribution >= 4 is 0 Å².